The van der Waals surface area contributed by atoms with E-state index >= 15 is 0 Å². The number of pyridine rings is 1. The number of allylic oxidation sites excluding steroid dienone is 2. The first-order chi connectivity index (χ1) is 11.3. The monoisotopic (exact) mass is 308 g/mol. The zero-order valence-corrected chi connectivity index (χ0v) is 13.0. The Morgan fingerprint density at radius 1 is 1.09 bits per heavy atom. The van der Waals surface area contributed by atoms with Gasteiger partial charge in [0.2, 0.25) is 5.95 Å². The van der Waals surface area contributed by atoms with Crippen molar-refractivity contribution in [3.05, 3.63) is 47.7 Å². The van der Waals surface area contributed by atoms with E-state index in [2.05, 4.69) is 15.3 Å². The highest BCUT2D eigenvalue weighted by molar-refractivity contribution is 5.71. The number of aliphatic hydroxyl groups is 1. The molecule has 0 spiro atoms. The van der Waals surface area contributed by atoms with Crippen LogP contribution in [0.2, 0.25) is 0 Å². The maximum atomic E-state index is 10.4. The average molecular weight is 308 g/mol. The van der Waals surface area contributed by atoms with E-state index in [-0.39, 0.29) is 0 Å². The van der Waals surface area contributed by atoms with Gasteiger partial charge in [0, 0.05) is 36.3 Å². The Bertz CT molecular complexity index is 736. The lowest BCUT2D eigenvalue weighted by Crippen LogP contribution is -2.14. The van der Waals surface area contributed by atoms with Crippen molar-refractivity contribution in [2.75, 3.05) is 5.32 Å². The van der Waals surface area contributed by atoms with Crippen molar-refractivity contribution in [3.63, 3.8) is 0 Å². The second-order valence-electron chi connectivity index (χ2n) is 6.27. The maximum Gasteiger partial charge on any atom is 0.227 e. The molecule has 1 saturated carbocycles. The minimum absolute atomic E-state index is 0.442. The summed E-state index contributed by atoms with van der Waals surface area (Å²) >= 11 is 0. The lowest BCUT2D eigenvalue weighted by atomic mass is 9.85. The standard InChI is InChI=1S/C18H20N4O/c23-15-6-5-13-11-20-18(21-14-7-9-19-10-8-14)22-17(13)16(15)12-3-1-2-4-12/h7-12,23H,1-6H2,(H,19,20,21,22). The molecular formula is C18H20N4O. The van der Waals surface area contributed by atoms with Crippen LogP contribution in [-0.4, -0.2) is 20.1 Å². The van der Waals surface area contributed by atoms with Crippen LogP contribution in [0, 0.1) is 5.92 Å². The summed E-state index contributed by atoms with van der Waals surface area (Å²) in [6.45, 7) is 0. The number of nitrogens with one attached hydrogen (secondary N) is 1. The van der Waals surface area contributed by atoms with Crippen LogP contribution < -0.4 is 5.32 Å². The van der Waals surface area contributed by atoms with Crippen LogP contribution in [0.25, 0.3) is 5.57 Å². The third kappa shape index (κ3) is 2.79. The number of aromatic nitrogens is 3. The number of aryl methyl sites for hydroxylation is 1. The summed E-state index contributed by atoms with van der Waals surface area (Å²) in [5.41, 5.74) is 4.05. The molecule has 0 atom stereocenters. The second kappa shape index (κ2) is 5.99. The van der Waals surface area contributed by atoms with E-state index in [1.807, 2.05) is 18.3 Å². The maximum absolute atomic E-state index is 10.4. The third-order valence-electron chi connectivity index (χ3n) is 4.76. The quantitative estimate of drug-likeness (QED) is 0.896. The van der Waals surface area contributed by atoms with Crippen LogP contribution in [-0.2, 0) is 6.42 Å². The van der Waals surface area contributed by atoms with Gasteiger partial charge in [-0.25, -0.2) is 9.97 Å². The smallest absolute Gasteiger partial charge is 0.227 e. The fraction of sp³-hybridized carbons (Fsp3) is 0.389. The summed E-state index contributed by atoms with van der Waals surface area (Å²) in [6, 6.07) is 3.77. The van der Waals surface area contributed by atoms with E-state index in [9.17, 15) is 5.11 Å². The molecule has 2 aromatic rings. The van der Waals surface area contributed by atoms with Crippen LogP contribution in [0.1, 0.15) is 43.4 Å². The Hall–Kier alpha value is -2.43. The van der Waals surface area contributed by atoms with Crippen molar-refractivity contribution < 1.29 is 5.11 Å². The highest BCUT2D eigenvalue weighted by Crippen LogP contribution is 2.41. The van der Waals surface area contributed by atoms with E-state index in [0.717, 1.165) is 41.8 Å². The van der Waals surface area contributed by atoms with Crippen molar-refractivity contribution in [3.8, 4) is 0 Å². The zero-order chi connectivity index (χ0) is 15.6. The Kier molecular flexibility index (Phi) is 3.69. The van der Waals surface area contributed by atoms with Gasteiger partial charge in [0.05, 0.1) is 11.5 Å². The minimum atomic E-state index is 0.442. The first-order valence-electron chi connectivity index (χ1n) is 8.26. The topological polar surface area (TPSA) is 70.9 Å². The molecule has 118 valence electrons. The van der Waals surface area contributed by atoms with Crippen molar-refractivity contribution >= 4 is 17.2 Å². The molecule has 4 rings (SSSR count). The Labute approximate surface area is 135 Å². The largest absolute Gasteiger partial charge is 0.512 e. The summed E-state index contributed by atoms with van der Waals surface area (Å²) in [5.74, 6) is 1.54. The molecule has 0 aromatic carbocycles. The number of aliphatic hydroxyl groups excluding tert-OH is 1. The van der Waals surface area contributed by atoms with E-state index in [4.69, 9.17) is 4.98 Å². The van der Waals surface area contributed by atoms with Crippen molar-refractivity contribution in [2.24, 2.45) is 5.92 Å². The van der Waals surface area contributed by atoms with Crippen LogP contribution in [0.4, 0.5) is 11.6 Å². The van der Waals surface area contributed by atoms with Gasteiger partial charge in [-0.2, -0.15) is 0 Å². The SMILES string of the molecule is OC1=C(C2CCCC2)c2nc(Nc3ccncc3)ncc2CC1. The van der Waals surface area contributed by atoms with Gasteiger partial charge in [-0.15, -0.1) is 0 Å². The molecule has 2 heterocycles. The van der Waals surface area contributed by atoms with Gasteiger partial charge in [-0.3, -0.25) is 4.98 Å². The van der Waals surface area contributed by atoms with Crippen LogP contribution >= 0.6 is 0 Å². The number of hydrogen-bond donors (Lipinski definition) is 2. The van der Waals surface area contributed by atoms with Gasteiger partial charge in [-0.1, -0.05) is 12.8 Å². The van der Waals surface area contributed by atoms with Gasteiger partial charge < -0.3 is 10.4 Å². The molecule has 0 radical (unpaired) electrons. The van der Waals surface area contributed by atoms with Gasteiger partial charge in [0.15, 0.2) is 0 Å². The summed E-state index contributed by atoms with van der Waals surface area (Å²) in [7, 11) is 0. The highest BCUT2D eigenvalue weighted by atomic mass is 16.3. The molecule has 2 aliphatic carbocycles. The Morgan fingerprint density at radius 3 is 2.65 bits per heavy atom. The molecule has 5 nitrogen and oxygen atoms in total. The van der Waals surface area contributed by atoms with Gasteiger partial charge >= 0.3 is 0 Å². The van der Waals surface area contributed by atoms with Gasteiger partial charge in [-0.05, 0) is 42.9 Å². The molecular weight excluding hydrogens is 288 g/mol. The lowest BCUT2D eigenvalue weighted by molar-refractivity contribution is 0.381. The molecule has 5 heteroatoms. The predicted octanol–water partition coefficient (Wildman–Crippen LogP) is 4.02. The summed E-state index contributed by atoms with van der Waals surface area (Å²) in [5, 5.41) is 13.7. The van der Waals surface area contributed by atoms with Crippen LogP contribution in [0.3, 0.4) is 0 Å². The molecule has 2 aliphatic rings. The molecule has 2 N–H and O–H groups in total. The second-order valence-corrected chi connectivity index (χ2v) is 6.27. The first kappa shape index (κ1) is 14.2. The molecule has 0 unspecified atom stereocenters. The Balaban J connectivity index is 1.69. The fourth-order valence-electron chi connectivity index (χ4n) is 3.62. The summed E-state index contributed by atoms with van der Waals surface area (Å²) in [6.07, 6.45) is 11.7. The van der Waals surface area contributed by atoms with Gasteiger partial charge in [0.1, 0.15) is 0 Å². The zero-order valence-electron chi connectivity index (χ0n) is 13.0. The fourth-order valence-corrected chi connectivity index (χ4v) is 3.62. The molecule has 0 aliphatic heterocycles. The van der Waals surface area contributed by atoms with E-state index < -0.39 is 0 Å². The van der Waals surface area contributed by atoms with E-state index in [1.165, 1.54) is 12.8 Å². The molecule has 1 fully saturated rings. The number of anilines is 2. The molecule has 2 aromatic heterocycles. The van der Waals surface area contributed by atoms with E-state index in [0.29, 0.717) is 24.0 Å². The number of fused-ring (bicyclic) bond motifs is 1. The van der Waals surface area contributed by atoms with Gasteiger partial charge in [0.25, 0.3) is 0 Å². The van der Waals surface area contributed by atoms with Crippen molar-refractivity contribution in [2.45, 2.75) is 38.5 Å². The number of nitrogens with zero attached hydrogens (tertiary/aromatic N) is 3. The van der Waals surface area contributed by atoms with Crippen molar-refractivity contribution in [1.29, 1.82) is 0 Å². The predicted molar refractivity (Wildman–Crippen MR) is 89.4 cm³/mol. The van der Waals surface area contributed by atoms with Crippen molar-refractivity contribution in [1.82, 2.24) is 15.0 Å². The average Bonchev–Trinajstić information content (AvgIpc) is 3.09. The van der Waals surface area contributed by atoms with Crippen LogP contribution in [0.5, 0.6) is 0 Å². The third-order valence-corrected chi connectivity index (χ3v) is 4.76. The molecule has 0 saturated heterocycles. The van der Waals surface area contributed by atoms with E-state index in [1.54, 1.807) is 12.4 Å². The van der Waals surface area contributed by atoms with Crippen LogP contribution in [0.15, 0.2) is 36.5 Å². The highest BCUT2D eigenvalue weighted by Gasteiger charge is 2.29. The first-order valence-corrected chi connectivity index (χ1v) is 8.26. The normalized spacial score (nSPS) is 18.1. The molecule has 0 amide bonds. The Morgan fingerprint density at radius 2 is 1.87 bits per heavy atom. The number of rotatable bonds is 3. The minimum Gasteiger partial charge on any atom is -0.512 e. The number of hydrogen-bond acceptors (Lipinski definition) is 5. The molecule has 0 bridgehead atoms. The summed E-state index contributed by atoms with van der Waals surface area (Å²) < 4.78 is 0. The lowest BCUT2D eigenvalue weighted by Gasteiger charge is -2.23. The molecule has 23 heavy (non-hydrogen) atoms. The summed E-state index contributed by atoms with van der Waals surface area (Å²) in [4.78, 5) is 13.2.